The summed E-state index contributed by atoms with van der Waals surface area (Å²) in [5.74, 6) is 0.944. The highest BCUT2D eigenvalue weighted by molar-refractivity contribution is 6.19. The molecule has 0 amide bonds. The van der Waals surface area contributed by atoms with Crippen LogP contribution < -0.4 is 0 Å². The molecule has 0 aliphatic heterocycles. The standard InChI is InChI=1S/C35H32N2/c1-21(2)26-18-27(22(3)4)20-28(19-26)35-34-13-12-31-30-10-8-24(29-7-6-15-36-23(29)5)17-25(30)9-11-32(31)33(34)14-16-37-35/h6-22H,1-5H3. The summed E-state index contributed by atoms with van der Waals surface area (Å²) in [5.41, 5.74) is 8.44. The third-order valence-corrected chi connectivity index (χ3v) is 7.66. The first-order chi connectivity index (χ1) is 17.9. The molecule has 37 heavy (non-hydrogen) atoms. The zero-order valence-corrected chi connectivity index (χ0v) is 22.2. The summed E-state index contributed by atoms with van der Waals surface area (Å²) in [4.78, 5) is 9.37. The lowest BCUT2D eigenvalue weighted by molar-refractivity contribution is 0.834. The van der Waals surface area contributed by atoms with Crippen molar-refractivity contribution < 1.29 is 0 Å². The Morgan fingerprint density at radius 1 is 0.541 bits per heavy atom. The van der Waals surface area contributed by atoms with E-state index in [2.05, 4.69) is 112 Å². The minimum Gasteiger partial charge on any atom is -0.261 e. The lowest BCUT2D eigenvalue weighted by Crippen LogP contribution is -1.96. The minimum atomic E-state index is 0.472. The zero-order valence-electron chi connectivity index (χ0n) is 22.2. The predicted octanol–water partition coefficient (Wildman–Crippen LogP) is 9.83. The Bertz CT molecular complexity index is 1770. The number of pyridine rings is 2. The fourth-order valence-electron chi connectivity index (χ4n) is 5.48. The Morgan fingerprint density at radius 2 is 1.19 bits per heavy atom. The molecular weight excluding hydrogens is 448 g/mol. The van der Waals surface area contributed by atoms with Crippen LogP contribution in [0.1, 0.15) is 56.4 Å². The van der Waals surface area contributed by atoms with E-state index in [-0.39, 0.29) is 0 Å². The molecule has 2 nitrogen and oxygen atoms in total. The molecule has 0 unspecified atom stereocenters. The number of hydrogen-bond acceptors (Lipinski definition) is 2. The molecule has 0 saturated carbocycles. The van der Waals surface area contributed by atoms with Crippen LogP contribution in [0.25, 0.3) is 54.7 Å². The first kappa shape index (κ1) is 23.4. The summed E-state index contributed by atoms with van der Waals surface area (Å²) in [5, 5.41) is 7.50. The van der Waals surface area contributed by atoms with E-state index in [0.717, 1.165) is 11.4 Å². The molecule has 0 aliphatic rings. The van der Waals surface area contributed by atoms with Gasteiger partial charge in [0.15, 0.2) is 0 Å². The second-order valence-corrected chi connectivity index (χ2v) is 10.8. The predicted molar refractivity (Wildman–Crippen MR) is 158 cm³/mol. The first-order valence-corrected chi connectivity index (χ1v) is 13.2. The number of aryl methyl sites for hydroxylation is 1. The summed E-state index contributed by atoms with van der Waals surface area (Å²) in [6, 6.07) is 29.1. The Labute approximate surface area is 219 Å². The van der Waals surface area contributed by atoms with Crippen LogP contribution in [0.2, 0.25) is 0 Å². The molecule has 182 valence electrons. The van der Waals surface area contributed by atoms with Crippen molar-refractivity contribution in [3.63, 3.8) is 0 Å². The number of hydrogen-bond donors (Lipinski definition) is 0. The largest absolute Gasteiger partial charge is 0.261 e. The molecule has 2 heterocycles. The lowest BCUT2D eigenvalue weighted by Gasteiger charge is -2.16. The average molecular weight is 481 g/mol. The van der Waals surface area contributed by atoms with Gasteiger partial charge in [-0.05, 0) is 92.7 Å². The normalized spacial score (nSPS) is 11.9. The molecular formula is C35H32N2. The Balaban J connectivity index is 1.55. The highest BCUT2D eigenvalue weighted by Gasteiger charge is 2.14. The maximum absolute atomic E-state index is 4.89. The minimum absolute atomic E-state index is 0.472. The molecule has 2 aromatic heterocycles. The van der Waals surface area contributed by atoms with Crippen molar-refractivity contribution >= 4 is 32.3 Å². The summed E-state index contributed by atoms with van der Waals surface area (Å²) in [6.45, 7) is 11.1. The third-order valence-electron chi connectivity index (χ3n) is 7.66. The van der Waals surface area contributed by atoms with Gasteiger partial charge in [-0.15, -0.1) is 0 Å². The molecule has 0 spiro atoms. The fourth-order valence-corrected chi connectivity index (χ4v) is 5.48. The smallest absolute Gasteiger partial charge is 0.0780 e. The number of nitrogens with zero attached hydrogens (tertiary/aromatic N) is 2. The van der Waals surface area contributed by atoms with Crippen LogP contribution in [0.3, 0.4) is 0 Å². The molecule has 0 saturated heterocycles. The van der Waals surface area contributed by atoms with Gasteiger partial charge in [0.1, 0.15) is 0 Å². The lowest BCUT2D eigenvalue weighted by atomic mass is 9.90. The first-order valence-electron chi connectivity index (χ1n) is 13.2. The number of fused-ring (bicyclic) bond motifs is 5. The van der Waals surface area contributed by atoms with Gasteiger partial charge in [-0.1, -0.05) is 76.2 Å². The van der Waals surface area contributed by atoms with E-state index in [1.54, 1.807) is 0 Å². The molecule has 0 radical (unpaired) electrons. The Hall–Kier alpha value is -4.04. The zero-order chi connectivity index (χ0) is 25.7. The molecule has 6 aromatic rings. The van der Waals surface area contributed by atoms with E-state index >= 15 is 0 Å². The monoisotopic (exact) mass is 480 g/mol. The van der Waals surface area contributed by atoms with Crippen LogP contribution in [-0.4, -0.2) is 9.97 Å². The van der Waals surface area contributed by atoms with E-state index in [0.29, 0.717) is 11.8 Å². The van der Waals surface area contributed by atoms with Crippen LogP contribution >= 0.6 is 0 Å². The highest BCUT2D eigenvalue weighted by atomic mass is 14.7. The molecule has 0 atom stereocenters. The van der Waals surface area contributed by atoms with Gasteiger partial charge in [0.2, 0.25) is 0 Å². The maximum Gasteiger partial charge on any atom is 0.0780 e. The van der Waals surface area contributed by atoms with Crippen molar-refractivity contribution in [1.82, 2.24) is 9.97 Å². The van der Waals surface area contributed by atoms with Crippen molar-refractivity contribution in [3.8, 4) is 22.4 Å². The second-order valence-electron chi connectivity index (χ2n) is 10.8. The number of benzene rings is 4. The van der Waals surface area contributed by atoms with Crippen LogP contribution in [0.5, 0.6) is 0 Å². The molecule has 0 aliphatic carbocycles. The van der Waals surface area contributed by atoms with E-state index in [1.807, 2.05) is 18.5 Å². The fraction of sp³-hybridized carbons (Fsp3) is 0.200. The summed E-state index contributed by atoms with van der Waals surface area (Å²) in [6.07, 6.45) is 3.82. The molecule has 0 N–H and O–H groups in total. The van der Waals surface area contributed by atoms with Crippen molar-refractivity contribution in [2.45, 2.75) is 46.5 Å². The topological polar surface area (TPSA) is 25.8 Å². The van der Waals surface area contributed by atoms with Crippen molar-refractivity contribution in [2.24, 2.45) is 0 Å². The summed E-state index contributed by atoms with van der Waals surface area (Å²) in [7, 11) is 0. The number of aromatic nitrogens is 2. The van der Waals surface area contributed by atoms with Gasteiger partial charge in [0.25, 0.3) is 0 Å². The maximum atomic E-state index is 4.89. The van der Waals surface area contributed by atoms with Gasteiger partial charge in [-0.25, -0.2) is 0 Å². The quantitative estimate of drug-likeness (QED) is 0.235. The van der Waals surface area contributed by atoms with Crippen molar-refractivity contribution in [2.75, 3.05) is 0 Å². The van der Waals surface area contributed by atoms with Crippen LogP contribution in [0, 0.1) is 6.92 Å². The highest BCUT2D eigenvalue weighted by Crippen LogP contribution is 2.37. The average Bonchev–Trinajstić information content (AvgIpc) is 2.92. The van der Waals surface area contributed by atoms with Crippen LogP contribution in [-0.2, 0) is 0 Å². The Kier molecular flexibility index (Phi) is 5.76. The summed E-state index contributed by atoms with van der Waals surface area (Å²) >= 11 is 0. The van der Waals surface area contributed by atoms with Gasteiger partial charge in [0.05, 0.1) is 5.69 Å². The SMILES string of the molecule is Cc1ncccc1-c1ccc2c(ccc3c4ccnc(-c5cc(C(C)C)cc(C(C)C)c5)c4ccc23)c1. The van der Waals surface area contributed by atoms with E-state index in [4.69, 9.17) is 4.98 Å². The summed E-state index contributed by atoms with van der Waals surface area (Å²) < 4.78 is 0. The van der Waals surface area contributed by atoms with Gasteiger partial charge in [0, 0.05) is 34.6 Å². The van der Waals surface area contributed by atoms with Crippen molar-refractivity contribution in [3.05, 3.63) is 108 Å². The van der Waals surface area contributed by atoms with E-state index < -0.39 is 0 Å². The van der Waals surface area contributed by atoms with Crippen LogP contribution in [0.15, 0.2) is 91.3 Å². The van der Waals surface area contributed by atoms with E-state index in [1.165, 1.54) is 60.1 Å². The molecule has 6 rings (SSSR count). The molecule has 0 fully saturated rings. The van der Waals surface area contributed by atoms with Gasteiger partial charge >= 0.3 is 0 Å². The second kappa shape index (κ2) is 9.12. The third kappa shape index (κ3) is 4.07. The molecule has 4 aromatic carbocycles. The van der Waals surface area contributed by atoms with Gasteiger partial charge in [-0.3, -0.25) is 9.97 Å². The van der Waals surface area contributed by atoms with Gasteiger partial charge in [-0.2, -0.15) is 0 Å². The van der Waals surface area contributed by atoms with Crippen molar-refractivity contribution in [1.29, 1.82) is 0 Å². The number of rotatable bonds is 4. The van der Waals surface area contributed by atoms with E-state index in [9.17, 15) is 0 Å². The molecule has 0 bridgehead atoms. The molecule has 2 heteroatoms. The van der Waals surface area contributed by atoms with Crippen LogP contribution in [0.4, 0.5) is 0 Å². The van der Waals surface area contributed by atoms with Gasteiger partial charge < -0.3 is 0 Å². The Morgan fingerprint density at radius 3 is 1.92 bits per heavy atom.